The first-order valence-corrected chi connectivity index (χ1v) is 4.69. The number of ketones is 1. The number of hydrogen-bond acceptors (Lipinski definition) is 4. The minimum Gasteiger partial charge on any atom is -0.465 e. The standard InChI is InChI=1S/C12H11NO3/c1-8(14)5-10-4-3-9(7-13)6-11(10)12(15)16-2/h3-4,6H,5H2,1-2H3. The van der Waals surface area contributed by atoms with Gasteiger partial charge in [-0.3, -0.25) is 4.79 Å². The molecular weight excluding hydrogens is 206 g/mol. The molecule has 0 aromatic heterocycles. The Morgan fingerprint density at radius 1 is 1.44 bits per heavy atom. The first-order valence-electron chi connectivity index (χ1n) is 4.69. The van der Waals surface area contributed by atoms with E-state index in [0.29, 0.717) is 11.1 Å². The molecule has 0 fully saturated rings. The van der Waals surface area contributed by atoms with Crippen molar-refractivity contribution in [2.24, 2.45) is 0 Å². The van der Waals surface area contributed by atoms with Crippen LogP contribution in [0.5, 0.6) is 0 Å². The summed E-state index contributed by atoms with van der Waals surface area (Å²) in [7, 11) is 1.26. The molecule has 16 heavy (non-hydrogen) atoms. The number of methoxy groups -OCH3 is 1. The summed E-state index contributed by atoms with van der Waals surface area (Å²) in [6.07, 6.45) is 0.163. The van der Waals surface area contributed by atoms with E-state index in [1.54, 1.807) is 12.1 Å². The zero-order chi connectivity index (χ0) is 12.1. The van der Waals surface area contributed by atoms with Crippen LogP contribution >= 0.6 is 0 Å². The molecule has 0 heterocycles. The molecule has 4 nitrogen and oxygen atoms in total. The molecule has 82 valence electrons. The number of nitrogens with zero attached hydrogens (tertiary/aromatic N) is 1. The molecule has 0 aliphatic carbocycles. The molecule has 0 saturated heterocycles. The van der Waals surface area contributed by atoms with Gasteiger partial charge < -0.3 is 4.74 Å². The van der Waals surface area contributed by atoms with Crippen LogP contribution in [0.4, 0.5) is 0 Å². The Bertz CT molecular complexity index is 472. The highest BCUT2D eigenvalue weighted by atomic mass is 16.5. The van der Waals surface area contributed by atoms with Gasteiger partial charge in [0.1, 0.15) is 5.78 Å². The Hall–Kier alpha value is -2.15. The lowest BCUT2D eigenvalue weighted by Gasteiger charge is -2.06. The maximum atomic E-state index is 11.4. The van der Waals surface area contributed by atoms with E-state index >= 15 is 0 Å². The third kappa shape index (κ3) is 2.67. The van der Waals surface area contributed by atoms with E-state index in [1.807, 2.05) is 6.07 Å². The number of hydrogen-bond donors (Lipinski definition) is 0. The van der Waals surface area contributed by atoms with Crippen molar-refractivity contribution in [3.63, 3.8) is 0 Å². The number of Topliss-reactive ketones (excluding diaryl/α,β-unsaturated/α-hetero) is 1. The van der Waals surface area contributed by atoms with Crippen LogP contribution in [-0.4, -0.2) is 18.9 Å². The quantitative estimate of drug-likeness (QED) is 0.719. The third-order valence-electron chi connectivity index (χ3n) is 2.08. The maximum absolute atomic E-state index is 11.4. The zero-order valence-corrected chi connectivity index (χ0v) is 9.11. The van der Waals surface area contributed by atoms with E-state index in [9.17, 15) is 9.59 Å². The lowest BCUT2D eigenvalue weighted by Crippen LogP contribution is -2.09. The van der Waals surface area contributed by atoms with Crippen LogP contribution in [0.3, 0.4) is 0 Å². The summed E-state index contributed by atoms with van der Waals surface area (Å²) in [5.41, 5.74) is 1.22. The second-order valence-corrected chi connectivity index (χ2v) is 3.35. The summed E-state index contributed by atoms with van der Waals surface area (Å²) in [5.74, 6) is -0.580. The lowest BCUT2D eigenvalue weighted by molar-refractivity contribution is -0.116. The molecule has 0 amide bonds. The van der Waals surface area contributed by atoms with Crippen LogP contribution in [0.15, 0.2) is 18.2 Å². The van der Waals surface area contributed by atoms with Crippen LogP contribution in [0.25, 0.3) is 0 Å². The lowest BCUT2D eigenvalue weighted by atomic mass is 10.0. The van der Waals surface area contributed by atoms with Gasteiger partial charge in [-0.1, -0.05) is 6.07 Å². The topological polar surface area (TPSA) is 67.2 Å². The van der Waals surface area contributed by atoms with Crippen LogP contribution in [-0.2, 0) is 16.0 Å². The minimum absolute atomic E-state index is 0.0464. The number of ether oxygens (including phenoxy) is 1. The van der Waals surface area contributed by atoms with Crippen molar-refractivity contribution in [3.8, 4) is 6.07 Å². The highest BCUT2D eigenvalue weighted by Gasteiger charge is 2.13. The van der Waals surface area contributed by atoms with Crippen molar-refractivity contribution in [3.05, 3.63) is 34.9 Å². The van der Waals surface area contributed by atoms with Crippen LogP contribution < -0.4 is 0 Å². The van der Waals surface area contributed by atoms with Gasteiger partial charge in [0.15, 0.2) is 0 Å². The monoisotopic (exact) mass is 217 g/mol. The van der Waals surface area contributed by atoms with Crippen molar-refractivity contribution >= 4 is 11.8 Å². The minimum atomic E-state index is -0.534. The zero-order valence-electron chi connectivity index (χ0n) is 9.11. The Kier molecular flexibility index (Phi) is 3.78. The van der Waals surface area contributed by atoms with E-state index in [4.69, 9.17) is 5.26 Å². The number of rotatable bonds is 3. The molecule has 0 unspecified atom stereocenters. The van der Waals surface area contributed by atoms with Gasteiger partial charge >= 0.3 is 5.97 Å². The normalized spacial score (nSPS) is 9.31. The van der Waals surface area contributed by atoms with E-state index in [0.717, 1.165) is 0 Å². The van der Waals surface area contributed by atoms with Gasteiger partial charge in [-0.15, -0.1) is 0 Å². The highest BCUT2D eigenvalue weighted by Crippen LogP contribution is 2.14. The van der Waals surface area contributed by atoms with Crippen molar-refractivity contribution in [2.75, 3.05) is 7.11 Å². The molecule has 0 spiro atoms. The van der Waals surface area contributed by atoms with E-state index in [1.165, 1.54) is 20.1 Å². The average molecular weight is 217 g/mol. The maximum Gasteiger partial charge on any atom is 0.338 e. The largest absolute Gasteiger partial charge is 0.465 e. The summed E-state index contributed by atoms with van der Waals surface area (Å²) in [5, 5.41) is 8.72. The van der Waals surface area contributed by atoms with Crippen molar-refractivity contribution in [2.45, 2.75) is 13.3 Å². The van der Waals surface area contributed by atoms with Gasteiger partial charge in [-0.05, 0) is 24.6 Å². The smallest absolute Gasteiger partial charge is 0.338 e. The molecule has 0 radical (unpaired) electrons. The Morgan fingerprint density at radius 2 is 2.12 bits per heavy atom. The first kappa shape index (κ1) is 11.9. The summed E-state index contributed by atoms with van der Waals surface area (Å²) < 4.78 is 4.60. The Labute approximate surface area is 93.5 Å². The first-order chi connectivity index (χ1) is 7.58. The molecule has 1 aromatic carbocycles. The highest BCUT2D eigenvalue weighted by molar-refractivity contribution is 5.93. The summed E-state index contributed by atoms with van der Waals surface area (Å²) in [6.45, 7) is 1.44. The number of nitriles is 1. The molecule has 0 bridgehead atoms. The van der Waals surface area contributed by atoms with Crippen LogP contribution in [0.1, 0.15) is 28.4 Å². The van der Waals surface area contributed by atoms with Gasteiger partial charge in [0.25, 0.3) is 0 Å². The second kappa shape index (κ2) is 5.08. The molecule has 0 aliphatic heterocycles. The molecule has 0 aliphatic rings. The predicted octanol–water partition coefficient (Wildman–Crippen LogP) is 1.48. The van der Waals surface area contributed by atoms with Gasteiger partial charge in [0.2, 0.25) is 0 Å². The van der Waals surface area contributed by atoms with E-state index in [-0.39, 0.29) is 17.8 Å². The van der Waals surface area contributed by atoms with E-state index < -0.39 is 5.97 Å². The third-order valence-corrected chi connectivity index (χ3v) is 2.08. The molecule has 0 saturated carbocycles. The SMILES string of the molecule is COC(=O)c1cc(C#N)ccc1CC(C)=O. The fourth-order valence-corrected chi connectivity index (χ4v) is 1.37. The molecule has 4 heteroatoms. The Balaban J connectivity index is 3.22. The van der Waals surface area contributed by atoms with Crippen LogP contribution in [0, 0.1) is 11.3 Å². The van der Waals surface area contributed by atoms with Crippen molar-refractivity contribution < 1.29 is 14.3 Å². The van der Waals surface area contributed by atoms with Gasteiger partial charge in [0, 0.05) is 6.42 Å². The van der Waals surface area contributed by atoms with Crippen LogP contribution in [0.2, 0.25) is 0 Å². The molecule has 1 aromatic rings. The van der Waals surface area contributed by atoms with Crippen molar-refractivity contribution in [1.29, 1.82) is 5.26 Å². The predicted molar refractivity (Wildman–Crippen MR) is 56.9 cm³/mol. The summed E-state index contributed by atoms with van der Waals surface area (Å²) in [6, 6.07) is 6.55. The van der Waals surface area contributed by atoms with Gasteiger partial charge in [0.05, 0.1) is 24.3 Å². The van der Waals surface area contributed by atoms with Gasteiger partial charge in [-0.25, -0.2) is 4.79 Å². The van der Waals surface area contributed by atoms with E-state index in [2.05, 4.69) is 4.74 Å². The van der Waals surface area contributed by atoms with Crippen molar-refractivity contribution in [1.82, 2.24) is 0 Å². The number of benzene rings is 1. The number of carbonyl (C=O) groups excluding carboxylic acids is 2. The molecular formula is C12H11NO3. The number of carbonyl (C=O) groups is 2. The molecule has 0 atom stereocenters. The molecule has 0 N–H and O–H groups in total. The summed E-state index contributed by atoms with van der Waals surface area (Å²) in [4.78, 5) is 22.5. The Morgan fingerprint density at radius 3 is 2.62 bits per heavy atom. The fraction of sp³-hybridized carbons (Fsp3) is 0.250. The fourth-order valence-electron chi connectivity index (χ4n) is 1.37. The average Bonchev–Trinajstić information content (AvgIpc) is 2.28. The second-order valence-electron chi connectivity index (χ2n) is 3.35. The molecule has 1 rings (SSSR count). The van der Waals surface area contributed by atoms with Gasteiger partial charge in [-0.2, -0.15) is 5.26 Å². The number of esters is 1. The summed E-state index contributed by atoms with van der Waals surface area (Å²) >= 11 is 0.